The smallest absolute Gasteiger partial charge is 0.316 e. The van der Waals surface area contributed by atoms with E-state index in [1.807, 2.05) is 13.8 Å². The van der Waals surface area contributed by atoms with Crippen molar-refractivity contribution in [3.63, 3.8) is 0 Å². The summed E-state index contributed by atoms with van der Waals surface area (Å²) in [5.74, 6) is -0.645. The van der Waals surface area contributed by atoms with Crippen LogP contribution < -0.4 is 0 Å². The summed E-state index contributed by atoms with van der Waals surface area (Å²) >= 11 is 0. The van der Waals surface area contributed by atoms with E-state index in [-0.39, 0.29) is 23.6 Å². The zero-order valence-corrected chi connectivity index (χ0v) is 9.79. The van der Waals surface area contributed by atoms with E-state index in [0.29, 0.717) is 6.61 Å². The molecule has 0 spiro atoms. The van der Waals surface area contributed by atoms with Gasteiger partial charge < -0.3 is 4.74 Å². The number of esters is 1. The fraction of sp³-hybridized carbons (Fsp3) is 0.833. The lowest BCUT2D eigenvalue weighted by Gasteiger charge is -2.28. The lowest BCUT2D eigenvalue weighted by molar-refractivity contribution is -0.155. The molecule has 0 saturated heterocycles. The van der Waals surface area contributed by atoms with Crippen molar-refractivity contribution in [1.82, 2.24) is 0 Å². The van der Waals surface area contributed by atoms with Crippen molar-refractivity contribution in [1.29, 1.82) is 0 Å². The summed E-state index contributed by atoms with van der Waals surface area (Å²) in [4.78, 5) is 23.6. The largest absolute Gasteiger partial charge is 0.465 e. The quantitative estimate of drug-likeness (QED) is 0.518. The molecule has 3 nitrogen and oxygen atoms in total. The van der Waals surface area contributed by atoms with Crippen LogP contribution in [-0.2, 0) is 14.3 Å². The minimum Gasteiger partial charge on any atom is -0.465 e. The van der Waals surface area contributed by atoms with Crippen molar-refractivity contribution in [2.75, 3.05) is 6.61 Å². The van der Waals surface area contributed by atoms with Crippen LogP contribution in [0.15, 0.2) is 0 Å². The first-order valence-corrected chi connectivity index (χ1v) is 5.78. The summed E-state index contributed by atoms with van der Waals surface area (Å²) in [6, 6.07) is 0. The number of carbonyl (C=O) groups is 2. The van der Waals surface area contributed by atoms with Crippen LogP contribution in [0.3, 0.4) is 0 Å². The van der Waals surface area contributed by atoms with Gasteiger partial charge in [0.15, 0.2) is 0 Å². The maximum Gasteiger partial charge on any atom is 0.316 e. The first-order chi connectivity index (χ1) is 7.07. The summed E-state index contributed by atoms with van der Waals surface area (Å²) < 4.78 is 4.95. The molecule has 1 fully saturated rings. The Bertz CT molecular complexity index is 241. The summed E-state index contributed by atoms with van der Waals surface area (Å²) in [6.07, 6.45) is 3.01. The van der Waals surface area contributed by atoms with E-state index in [1.165, 1.54) is 0 Å². The lowest BCUT2D eigenvalue weighted by Crippen LogP contribution is -2.37. The van der Waals surface area contributed by atoms with Crippen LogP contribution in [0.25, 0.3) is 0 Å². The second-order valence-corrected chi connectivity index (χ2v) is 4.50. The summed E-state index contributed by atoms with van der Waals surface area (Å²) in [5, 5.41) is 0. The first-order valence-electron chi connectivity index (χ1n) is 5.78. The lowest BCUT2D eigenvalue weighted by atomic mass is 9.75. The molecule has 3 heteroatoms. The van der Waals surface area contributed by atoms with Gasteiger partial charge >= 0.3 is 5.97 Å². The van der Waals surface area contributed by atoms with Crippen molar-refractivity contribution in [3.05, 3.63) is 0 Å². The highest BCUT2D eigenvalue weighted by Gasteiger charge is 2.37. The topological polar surface area (TPSA) is 43.4 Å². The fourth-order valence-corrected chi connectivity index (χ4v) is 1.90. The summed E-state index contributed by atoms with van der Waals surface area (Å²) in [5.41, 5.74) is 0. The van der Waals surface area contributed by atoms with E-state index in [4.69, 9.17) is 4.74 Å². The average molecular weight is 212 g/mol. The van der Waals surface area contributed by atoms with E-state index in [1.54, 1.807) is 6.92 Å². The van der Waals surface area contributed by atoms with Crippen LogP contribution in [0.1, 0.15) is 40.0 Å². The molecule has 1 rings (SSSR count). The Balaban J connectivity index is 2.63. The Morgan fingerprint density at radius 1 is 1.33 bits per heavy atom. The average Bonchev–Trinajstić information content (AvgIpc) is 1.99. The number of ketones is 1. The van der Waals surface area contributed by atoms with Gasteiger partial charge in [-0.3, -0.25) is 9.59 Å². The van der Waals surface area contributed by atoms with Crippen LogP contribution in [0, 0.1) is 17.8 Å². The van der Waals surface area contributed by atoms with Crippen molar-refractivity contribution in [3.8, 4) is 0 Å². The molecule has 1 unspecified atom stereocenters. The predicted octanol–water partition coefficient (Wildman–Crippen LogP) is 2.19. The number of rotatable bonds is 5. The van der Waals surface area contributed by atoms with Crippen LogP contribution >= 0.6 is 0 Å². The van der Waals surface area contributed by atoms with Crippen molar-refractivity contribution < 1.29 is 14.3 Å². The summed E-state index contributed by atoms with van der Waals surface area (Å²) in [6.45, 7) is 5.92. The molecule has 0 aromatic rings. The van der Waals surface area contributed by atoms with Gasteiger partial charge in [-0.2, -0.15) is 0 Å². The molecule has 1 aliphatic carbocycles. The van der Waals surface area contributed by atoms with Gasteiger partial charge in [0.2, 0.25) is 0 Å². The molecule has 15 heavy (non-hydrogen) atoms. The Morgan fingerprint density at radius 3 is 2.27 bits per heavy atom. The number of ether oxygens (including phenoxy) is 1. The molecule has 0 amide bonds. The Morgan fingerprint density at radius 2 is 1.93 bits per heavy atom. The molecule has 0 bridgehead atoms. The molecule has 0 aromatic carbocycles. The van der Waals surface area contributed by atoms with E-state index in [9.17, 15) is 9.59 Å². The molecule has 0 heterocycles. The Hall–Kier alpha value is -0.860. The molecule has 0 aliphatic heterocycles. The molecule has 86 valence electrons. The van der Waals surface area contributed by atoms with Gasteiger partial charge in [-0.25, -0.2) is 0 Å². The van der Waals surface area contributed by atoms with E-state index < -0.39 is 5.92 Å². The van der Waals surface area contributed by atoms with Gasteiger partial charge in [0.25, 0.3) is 0 Å². The minimum absolute atomic E-state index is 0.0390. The molecule has 0 aromatic heterocycles. The standard InChI is InChI=1S/C12H20O3/c1-4-15-12(14)10(8(2)3)11(13)9-6-5-7-9/h8-10H,4-7H2,1-3H3. The molecule has 0 radical (unpaired) electrons. The maximum absolute atomic E-state index is 12.0. The second-order valence-electron chi connectivity index (χ2n) is 4.50. The molecular formula is C12H20O3. The second kappa shape index (κ2) is 5.29. The third-order valence-electron chi connectivity index (χ3n) is 3.02. The van der Waals surface area contributed by atoms with Crippen molar-refractivity contribution in [2.45, 2.75) is 40.0 Å². The molecule has 1 aliphatic rings. The molecule has 0 N–H and O–H groups in total. The van der Waals surface area contributed by atoms with E-state index >= 15 is 0 Å². The van der Waals surface area contributed by atoms with Gasteiger partial charge in [-0.05, 0) is 25.7 Å². The normalized spacial score (nSPS) is 18.4. The maximum atomic E-state index is 12.0. The fourth-order valence-electron chi connectivity index (χ4n) is 1.90. The number of hydrogen-bond donors (Lipinski definition) is 0. The zero-order chi connectivity index (χ0) is 11.4. The van der Waals surface area contributed by atoms with Gasteiger partial charge in [-0.1, -0.05) is 20.3 Å². The van der Waals surface area contributed by atoms with Gasteiger partial charge in [-0.15, -0.1) is 0 Å². The van der Waals surface area contributed by atoms with Gasteiger partial charge in [0, 0.05) is 5.92 Å². The highest BCUT2D eigenvalue weighted by Crippen LogP contribution is 2.32. The highest BCUT2D eigenvalue weighted by molar-refractivity contribution is 6.00. The van der Waals surface area contributed by atoms with E-state index in [0.717, 1.165) is 19.3 Å². The van der Waals surface area contributed by atoms with Crippen LogP contribution in [0.4, 0.5) is 0 Å². The zero-order valence-electron chi connectivity index (χ0n) is 9.79. The molecular weight excluding hydrogens is 192 g/mol. The number of carbonyl (C=O) groups excluding carboxylic acids is 2. The summed E-state index contributed by atoms with van der Waals surface area (Å²) in [7, 11) is 0. The third kappa shape index (κ3) is 2.80. The van der Waals surface area contributed by atoms with Crippen LogP contribution in [0.5, 0.6) is 0 Å². The van der Waals surface area contributed by atoms with Crippen molar-refractivity contribution >= 4 is 11.8 Å². The molecule has 1 atom stereocenters. The first kappa shape index (κ1) is 12.2. The highest BCUT2D eigenvalue weighted by atomic mass is 16.5. The molecule has 1 saturated carbocycles. The van der Waals surface area contributed by atoms with Gasteiger partial charge in [0.1, 0.15) is 11.7 Å². The Kier molecular flexibility index (Phi) is 4.30. The predicted molar refractivity (Wildman–Crippen MR) is 57.3 cm³/mol. The van der Waals surface area contributed by atoms with Crippen LogP contribution in [0.2, 0.25) is 0 Å². The third-order valence-corrected chi connectivity index (χ3v) is 3.02. The van der Waals surface area contributed by atoms with Gasteiger partial charge in [0.05, 0.1) is 6.61 Å². The van der Waals surface area contributed by atoms with Crippen LogP contribution in [-0.4, -0.2) is 18.4 Å². The monoisotopic (exact) mass is 212 g/mol. The Labute approximate surface area is 91.2 Å². The number of hydrogen-bond acceptors (Lipinski definition) is 3. The minimum atomic E-state index is -0.546. The van der Waals surface area contributed by atoms with E-state index in [2.05, 4.69) is 0 Å². The van der Waals surface area contributed by atoms with Crippen molar-refractivity contribution in [2.24, 2.45) is 17.8 Å². The number of Topliss-reactive ketones (excluding diaryl/α,β-unsaturated/α-hetero) is 1. The SMILES string of the molecule is CCOC(=O)C(C(=O)C1CCC1)C(C)C.